The van der Waals surface area contributed by atoms with E-state index >= 15 is 0 Å². The SMILES string of the molecule is O=C(COc1cc(C(F)(F)F)nn1-c1ccccc1Cl)NC1=C(c2ccc(Cl)cc2)NNS1. The number of alkyl halides is 3. The standard InChI is InChI=1S/C20H14Cl2F3N5O2S/c21-12-7-5-11(6-8-12)18-19(33-29-27-18)26-16(31)10-32-17-9-15(20(23,24)25)28-30(17)14-4-2-1-3-13(14)22/h1-9,27,29H,10H2,(H,26,31). The van der Waals surface area contributed by atoms with E-state index in [2.05, 4.69) is 20.7 Å². The molecule has 7 nitrogen and oxygen atoms in total. The fraction of sp³-hybridized carbons (Fsp3) is 0.100. The Morgan fingerprint density at radius 2 is 1.88 bits per heavy atom. The maximum Gasteiger partial charge on any atom is 0.435 e. The minimum atomic E-state index is -4.71. The number of nitrogens with one attached hydrogen (secondary N) is 3. The third-order valence-corrected chi connectivity index (χ3v) is 5.63. The van der Waals surface area contributed by atoms with Gasteiger partial charge in [0.2, 0.25) is 5.88 Å². The quantitative estimate of drug-likeness (QED) is 0.410. The Kier molecular flexibility index (Phi) is 6.75. The van der Waals surface area contributed by atoms with Crippen LogP contribution in [-0.2, 0) is 11.0 Å². The summed E-state index contributed by atoms with van der Waals surface area (Å²) < 4.78 is 46.0. The number of nitrogens with zero attached hydrogens (tertiary/aromatic N) is 2. The molecule has 13 heteroatoms. The average Bonchev–Trinajstić information content (AvgIpc) is 3.40. The Morgan fingerprint density at radius 3 is 2.58 bits per heavy atom. The van der Waals surface area contributed by atoms with Crippen LogP contribution in [0.25, 0.3) is 11.4 Å². The van der Waals surface area contributed by atoms with Crippen LogP contribution in [0.1, 0.15) is 11.3 Å². The van der Waals surface area contributed by atoms with Crippen LogP contribution in [0.3, 0.4) is 0 Å². The van der Waals surface area contributed by atoms with Crippen molar-refractivity contribution < 1.29 is 22.7 Å². The van der Waals surface area contributed by atoms with E-state index in [-0.39, 0.29) is 16.6 Å². The first kappa shape index (κ1) is 23.3. The van der Waals surface area contributed by atoms with E-state index in [0.29, 0.717) is 21.8 Å². The first-order valence-corrected chi connectivity index (χ1v) is 10.8. The van der Waals surface area contributed by atoms with Crippen LogP contribution in [0.15, 0.2) is 59.6 Å². The highest BCUT2D eigenvalue weighted by atomic mass is 35.5. The zero-order valence-electron chi connectivity index (χ0n) is 16.4. The second-order valence-corrected chi connectivity index (χ2v) is 8.27. The van der Waals surface area contributed by atoms with Gasteiger partial charge >= 0.3 is 6.18 Å². The summed E-state index contributed by atoms with van der Waals surface area (Å²) in [7, 11) is 0. The minimum Gasteiger partial charge on any atom is -0.467 e. The number of rotatable bonds is 6. The summed E-state index contributed by atoms with van der Waals surface area (Å²) in [5.74, 6) is -0.872. The van der Waals surface area contributed by atoms with E-state index in [4.69, 9.17) is 27.9 Å². The van der Waals surface area contributed by atoms with E-state index in [0.717, 1.165) is 22.2 Å². The van der Waals surface area contributed by atoms with Crippen molar-refractivity contribution in [3.8, 4) is 11.6 Å². The third-order valence-electron chi connectivity index (χ3n) is 4.34. The summed E-state index contributed by atoms with van der Waals surface area (Å²) >= 11 is 13.1. The molecule has 1 aliphatic rings. The summed E-state index contributed by atoms with van der Waals surface area (Å²) in [5.41, 5.74) is 3.29. The molecule has 0 bridgehead atoms. The lowest BCUT2D eigenvalue weighted by molar-refractivity contribution is -0.141. The molecule has 0 unspecified atom stereocenters. The first-order chi connectivity index (χ1) is 15.7. The molecule has 0 radical (unpaired) electrons. The second-order valence-electron chi connectivity index (χ2n) is 6.61. The number of ether oxygens (including phenoxy) is 1. The maximum atomic E-state index is 13.2. The fourth-order valence-electron chi connectivity index (χ4n) is 2.85. The van der Waals surface area contributed by atoms with Crippen LogP contribution in [0.4, 0.5) is 13.2 Å². The van der Waals surface area contributed by atoms with Crippen molar-refractivity contribution in [3.05, 3.63) is 80.9 Å². The lowest BCUT2D eigenvalue weighted by atomic mass is 10.2. The van der Waals surface area contributed by atoms with Crippen LogP contribution in [0.5, 0.6) is 5.88 Å². The van der Waals surface area contributed by atoms with Gasteiger partial charge in [-0.25, -0.2) is 0 Å². The van der Waals surface area contributed by atoms with Gasteiger partial charge in [-0.3, -0.25) is 4.79 Å². The normalized spacial score (nSPS) is 13.7. The third kappa shape index (κ3) is 5.38. The molecule has 3 aromatic rings. The van der Waals surface area contributed by atoms with Gasteiger partial charge in [0, 0.05) is 16.7 Å². The Balaban J connectivity index is 1.52. The van der Waals surface area contributed by atoms with Crippen molar-refractivity contribution in [1.29, 1.82) is 0 Å². The average molecular weight is 516 g/mol. The number of halogens is 5. The molecule has 4 rings (SSSR count). The highest BCUT2D eigenvalue weighted by Crippen LogP contribution is 2.33. The van der Waals surface area contributed by atoms with Gasteiger partial charge in [-0.1, -0.05) is 47.5 Å². The predicted octanol–water partition coefficient (Wildman–Crippen LogP) is 4.78. The van der Waals surface area contributed by atoms with E-state index in [1.54, 1.807) is 36.4 Å². The van der Waals surface area contributed by atoms with Gasteiger partial charge in [-0.2, -0.15) is 27.8 Å². The fourth-order valence-corrected chi connectivity index (χ4v) is 3.88. The molecule has 0 aliphatic carbocycles. The molecule has 33 heavy (non-hydrogen) atoms. The van der Waals surface area contributed by atoms with Crippen molar-refractivity contribution in [2.45, 2.75) is 6.18 Å². The van der Waals surface area contributed by atoms with Crippen molar-refractivity contribution in [2.75, 3.05) is 6.61 Å². The summed E-state index contributed by atoms with van der Waals surface area (Å²) in [4.78, 5) is 15.3. The monoisotopic (exact) mass is 515 g/mol. The highest BCUT2D eigenvalue weighted by Gasteiger charge is 2.36. The Labute approximate surface area is 200 Å². The Hall–Kier alpha value is -2.86. The maximum absolute atomic E-state index is 13.2. The summed E-state index contributed by atoms with van der Waals surface area (Å²) in [5, 5.41) is 7.41. The molecule has 0 atom stereocenters. The highest BCUT2D eigenvalue weighted by molar-refractivity contribution is 8.01. The van der Waals surface area contributed by atoms with Crippen LogP contribution >= 0.6 is 35.1 Å². The molecule has 0 fully saturated rings. The molecule has 1 aromatic heterocycles. The molecular formula is C20H14Cl2F3N5O2S. The number of benzene rings is 2. The molecule has 3 N–H and O–H groups in total. The van der Waals surface area contributed by atoms with E-state index in [1.807, 2.05) is 0 Å². The van der Waals surface area contributed by atoms with Gasteiger partial charge in [0.05, 0.1) is 16.4 Å². The van der Waals surface area contributed by atoms with Gasteiger partial charge in [0.25, 0.3) is 5.91 Å². The molecule has 2 aromatic carbocycles. The Morgan fingerprint density at radius 1 is 1.15 bits per heavy atom. The number of carbonyl (C=O) groups is 1. The number of hydrazine groups is 1. The van der Waals surface area contributed by atoms with E-state index in [9.17, 15) is 18.0 Å². The topological polar surface area (TPSA) is 80.2 Å². The van der Waals surface area contributed by atoms with Gasteiger partial charge in [-0.05, 0) is 36.2 Å². The molecule has 1 amide bonds. The lowest BCUT2D eigenvalue weighted by Gasteiger charge is -2.11. The van der Waals surface area contributed by atoms with Crippen LogP contribution in [0, 0.1) is 0 Å². The van der Waals surface area contributed by atoms with Gasteiger partial charge in [0.1, 0.15) is 5.03 Å². The molecule has 172 valence electrons. The molecule has 1 aliphatic heterocycles. The molecular weight excluding hydrogens is 502 g/mol. The first-order valence-electron chi connectivity index (χ1n) is 9.25. The zero-order chi connectivity index (χ0) is 23.6. The van der Waals surface area contributed by atoms with Gasteiger partial charge in [0.15, 0.2) is 12.3 Å². The zero-order valence-corrected chi connectivity index (χ0v) is 18.7. The smallest absolute Gasteiger partial charge is 0.435 e. The molecule has 2 heterocycles. The summed E-state index contributed by atoms with van der Waals surface area (Å²) in [6.45, 7) is -0.564. The number of carbonyl (C=O) groups excluding carboxylic acids is 1. The van der Waals surface area contributed by atoms with Crippen LogP contribution in [-0.4, -0.2) is 22.3 Å². The van der Waals surface area contributed by atoms with Crippen LogP contribution in [0.2, 0.25) is 10.0 Å². The van der Waals surface area contributed by atoms with Gasteiger partial charge < -0.3 is 15.5 Å². The van der Waals surface area contributed by atoms with Crippen molar-refractivity contribution in [2.24, 2.45) is 0 Å². The van der Waals surface area contributed by atoms with Crippen molar-refractivity contribution in [3.63, 3.8) is 0 Å². The second kappa shape index (κ2) is 9.56. The largest absolute Gasteiger partial charge is 0.467 e. The number of aromatic nitrogens is 2. The summed E-state index contributed by atoms with van der Waals surface area (Å²) in [6, 6.07) is 13.8. The molecule has 0 spiro atoms. The van der Waals surface area contributed by atoms with Crippen molar-refractivity contribution in [1.82, 2.24) is 25.4 Å². The number of hydrogen-bond donors (Lipinski definition) is 3. The lowest BCUT2D eigenvalue weighted by Crippen LogP contribution is -2.28. The molecule has 0 saturated carbocycles. The van der Waals surface area contributed by atoms with E-state index < -0.39 is 24.4 Å². The summed E-state index contributed by atoms with van der Waals surface area (Å²) in [6.07, 6.45) is -4.71. The predicted molar refractivity (Wildman–Crippen MR) is 119 cm³/mol. The number of hydrogen-bond acceptors (Lipinski definition) is 6. The van der Waals surface area contributed by atoms with Crippen molar-refractivity contribution >= 4 is 46.8 Å². The van der Waals surface area contributed by atoms with Crippen LogP contribution < -0.4 is 20.3 Å². The molecule has 0 saturated heterocycles. The van der Waals surface area contributed by atoms with Gasteiger partial charge in [-0.15, -0.1) is 0 Å². The Bertz CT molecular complexity index is 1220. The number of para-hydroxylation sites is 1. The minimum absolute atomic E-state index is 0.167. The number of amides is 1. The van der Waals surface area contributed by atoms with E-state index in [1.165, 1.54) is 12.1 Å².